The fourth-order valence-electron chi connectivity index (χ4n) is 3.39. The van der Waals surface area contributed by atoms with E-state index in [1.54, 1.807) is 36.4 Å². The predicted octanol–water partition coefficient (Wildman–Crippen LogP) is 4.91. The molecule has 0 spiro atoms. The van der Waals surface area contributed by atoms with Crippen molar-refractivity contribution in [2.75, 3.05) is 12.4 Å². The van der Waals surface area contributed by atoms with E-state index in [1.807, 2.05) is 0 Å². The second kappa shape index (κ2) is 11.6. The van der Waals surface area contributed by atoms with Crippen LogP contribution in [0.4, 0.5) is 14.5 Å². The lowest BCUT2D eigenvalue weighted by atomic mass is 10.2. The maximum atomic E-state index is 13.3. The van der Waals surface area contributed by atoms with E-state index < -0.39 is 23.6 Å². The number of hydrogen-bond acceptors (Lipinski definition) is 6. The Morgan fingerprint density at radius 3 is 2.14 bits per heavy atom. The van der Waals surface area contributed by atoms with Gasteiger partial charge in [0.25, 0.3) is 5.91 Å². The maximum Gasteiger partial charge on any atom is 0.337 e. The molecule has 0 atom stereocenters. The minimum atomic E-state index is -0.539. The van der Waals surface area contributed by atoms with Crippen LogP contribution in [0.25, 0.3) is 0 Å². The zero-order chi connectivity index (χ0) is 26.4. The molecule has 1 saturated heterocycles. The third-order valence-corrected chi connectivity index (χ3v) is 6.33. The highest BCUT2D eigenvalue weighted by atomic mass is 32.2. The van der Waals surface area contributed by atoms with Crippen molar-refractivity contribution in [1.29, 1.82) is 0 Å². The molecule has 1 fully saturated rings. The number of carbonyl (C=O) groups excluding carboxylic acids is 3. The van der Waals surface area contributed by atoms with Gasteiger partial charge in [-0.05, 0) is 71.4 Å². The van der Waals surface area contributed by atoms with Crippen LogP contribution in [-0.4, -0.2) is 35.0 Å². The number of aliphatic imine (C=N–C) groups is 1. The first-order valence-corrected chi connectivity index (χ1v) is 11.9. The molecule has 1 N–H and O–H groups in total. The zero-order valence-electron chi connectivity index (χ0n) is 19.6. The number of amidine groups is 1. The highest BCUT2D eigenvalue weighted by Crippen LogP contribution is 2.32. The SMILES string of the molecule is COC(=O)c1ccc(NC(=O)C=C2SC(=NCc3ccc(F)cc3)N(Cc3ccc(F)cc3)C2=O)cc1. The molecule has 0 aliphatic carbocycles. The number of methoxy groups -OCH3 is 1. The Morgan fingerprint density at radius 2 is 1.54 bits per heavy atom. The van der Waals surface area contributed by atoms with E-state index in [-0.39, 0.29) is 23.8 Å². The number of halogens is 2. The summed E-state index contributed by atoms with van der Waals surface area (Å²) >= 11 is 1.04. The van der Waals surface area contributed by atoms with Crippen LogP contribution >= 0.6 is 11.8 Å². The van der Waals surface area contributed by atoms with E-state index in [9.17, 15) is 23.2 Å². The number of anilines is 1. The molecule has 1 heterocycles. The molecule has 10 heteroatoms. The molecule has 7 nitrogen and oxygen atoms in total. The average molecular weight is 522 g/mol. The third-order valence-electron chi connectivity index (χ3n) is 5.29. The van der Waals surface area contributed by atoms with E-state index in [0.29, 0.717) is 22.0 Å². The van der Waals surface area contributed by atoms with Crippen molar-refractivity contribution >= 4 is 40.4 Å². The van der Waals surface area contributed by atoms with Gasteiger partial charge in [0, 0.05) is 11.8 Å². The summed E-state index contributed by atoms with van der Waals surface area (Å²) in [7, 11) is 1.27. The van der Waals surface area contributed by atoms with E-state index in [1.165, 1.54) is 54.5 Å². The minimum Gasteiger partial charge on any atom is -0.465 e. The smallest absolute Gasteiger partial charge is 0.337 e. The van der Waals surface area contributed by atoms with Crippen LogP contribution in [0, 0.1) is 11.6 Å². The minimum absolute atomic E-state index is 0.127. The summed E-state index contributed by atoms with van der Waals surface area (Å²) in [6.07, 6.45) is 1.18. The number of benzene rings is 3. The average Bonchev–Trinajstić information content (AvgIpc) is 3.18. The van der Waals surface area contributed by atoms with E-state index in [4.69, 9.17) is 0 Å². The molecule has 37 heavy (non-hydrogen) atoms. The van der Waals surface area contributed by atoms with Gasteiger partial charge in [-0.25, -0.2) is 13.6 Å². The number of carbonyl (C=O) groups is 3. The Bertz CT molecular complexity index is 1370. The molecule has 0 saturated carbocycles. The van der Waals surface area contributed by atoms with Crippen molar-refractivity contribution in [3.63, 3.8) is 0 Å². The van der Waals surface area contributed by atoms with Crippen molar-refractivity contribution < 1.29 is 27.9 Å². The Hall–Kier alpha value is -4.31. The van der Waals surface area contributed by atoms with Crippen molar-refractivity contribution in [1.82, 2.24) is 4.90 Å². The number of thioether (sulfide) groups is 1. The Balaban J connectivity index is 1.53. The highest BCUT2D eigenvalue weighted by Gasteiger charge is 2.34. The third kappa shape index (κ3) is 6.68. The molecule has 0 unspecified atom stereocenters. The molecule has 4 rings (SSSR count). The summed E-state index contributed by atoms with van der Waals surface area (Å²) in [6, 6.07) is 17.7. The largest absolute Gasteiger partial charge is 0.465 e. The molecule has 1 aliphatic rings. The van der Waals surface area contributed by atoms with Gasteiger partial charge >= 0.3 is 5.97 Å². The van der Waals surface area contributed by atoms with Crippen molar-refractivity contribution in [2.24, 2.45) is 4.99 Å². The first kappa shape index (κ1) is 25.8. The van der Waals surface area contributed by atoms with Gasteiger partial charge in [-0.3, -0.25) is 19.5 Å². The normalized spacial score (nSPS) is 15.3. The van der Waals surface area contributed by atoms with Crippen LogP contribution in [-0.2, 0) is 27.4 Å². The van der Waals surface area contributed by atoms with Crippen LogP contribution in [0.3, 0.4) is 0 Å². The molecule has 1 aliphatic heterocycles. The summed E-state index contributed by atoms with van der Waals surface area (Å²) in [5.74, 6) is -2.22. The number of amides is 2. The standard InChI is InChI=1S/C27H21F2N3O4S/c1-36-26(35)19-6-12-22(13-7-19)31-24(33)14-23-25(34)32(16-18-4-10-21(29)11-5-18)27(37-23)30-15-17-2-8-20(28)9-3-17/h2-14H,15-16H2,1H3,(H,31,33). The van der Waals surface area contributed by atoms with Gasteiger partial charge in [0.2, 0.25) is 5.91 Å². The van der Waals surface area contributed by atoms with Gasteiger partial charge < -0.3 is 10.1 Å². The van der Waals surface area contributed by atoms with Gasteiger partial charge in [0.1, 0.15) is 11.6 Å². The maximum absolute atomic E-state index is 13.3. The van der Waals surface area contributed by atoms with Crippen LogP contribution in [0.15, 0.2) is 88.8 Å². The quantitative estimate of drug-likeness (QED) is 0.353. The van der Waals surface area contributed by atoms with Crippen LogP contribution in [0.5, 0.6) is 0 Å². The summed E-state index contributed by atoms with van der Waals surface area (Å²) < 4.78 is 31.2. The second-order valence-corrected chi connectivity index (χ2v) is 8.92. The number of nitrogens with zero attached hydrogens (tertiary/aromatic N) is 2. The van der Waals surface area contributed by atoms with Crippen LogP contribution in [0.1, 0.15) is 21.5 Å². The Labute approximate surface area is 215 Å². The van der Waals surface area contributed by atoms with Gasteiger partial charge in [-0.1, -0.05) is 24.3 Å². The molecular formula is C27H21F2N3O4S. The topological polar surface area (TPSA) is 88.1 Å². The lowest BCUT2D eigenvalue weighted by Gasteiger charge is -2.15. The Morgan fingerprint density at radius 1 is 0.946 bits per heavy atom. The lowest BCUT2D eigenvalue weighted by Crippen LogP contribution is -2.29. The fourth-order valence-corrected chi connectivity index (χ4v) is 4.34. The molecule has 188 valence electrons. The van der Waals surface area contributed by atoms with Gasteiger partial charge in [0.05, 0.1) is 30.7 Å². The highest BCUT2D eigenvalue weighted by molar-refractivity contribution is 8.18. The van der Waals surface area contributed by atoms with E-state index >= 15 is 0 Å². The van der Waals surface area contributed by atoms with Gasteiger partial charge in [0.15, 0.2) is 5.17 Å². The van der Waals surface area contributed by atoms with E-state index in [2.05, 4.69) is 15.0 Å². The number of nitrogens with one attached hydrogen (secondary N) is 1. The summed E-state index contributed by atoms with van der Waals surface area (Å²) in [5, 5.41) is 3.01. The number of esters is 1. The first-order valence-electron chi connectivity index (χ1n) is 11.1. The monoisotopic (exact) mass is 521 g/mol. The Kier molecular flexibility index (Phi) is 8.09. The lowest BCUT2D eigenvalue weighted by molar-refractivity contribution is -0.123. The summed E-state index contributed by atoms with van der Waals surface area (Å²) in [4.78, 5) is 43.5. The number of rotatable bonds is 7. The molecule has 0 bridgehead atoms. The van der Waals surface area contributed by atoms with Crippen LogP contribution in [0.2, 0.25) is 0 Å². The van der Waals surface area contributed by atoms with Gasteiger partial charge in [-0.2, -0.15) is 0 Å². The van der Waals surface area contributed by atoms with E-state index in [0.717, 1.165) is 17.3 Å². The van der Waals surface area contributed by atoms with Gasteiger partial charge in [-0.15, -0.1) is 0 Å². The zero-order valence-corrected chi connectivity index (χ0v) is 20.4. The predicted molar refractivity (Wildman–Crippen MR) is 137 cm³/mol. The second-order valence-electron chi connectivity index (χ2n) is 7.91. The summed E-state index contributed by atoms with van der Waals surface area (Å²) in [5.41, 5.74) is 2.19. The number of ether oxygens (including phenoxy) is 1. The molecule has 0 radical (unpaired) electrons. The molecular weight excluding hydrogens is 500 g/mol. The van der Waals surface area contributed by atoms with Crippen molar-refractivity contribution in [2.45, 2.75) is 13.1 Å². The number of hydrogen-bond donors (Lipinski definition) is 1. The molecule has 2 amide bonds. The van der Waals surface area contributed by atoms with Crippen molar-refractivity contribution in [3.05, 3.63) is 112 Å². The first-order chi connectivity index (χ1) is 17.8. The summed E-state index contributed by atoms with van der Waals surface area (Å²) in [6.45, 7) is 0.324. The molecule has 3 aromatic rings. The van der Waals surface area contributed by atoms with Crippen molar-refractivity contribution in [3.8, 4) is 0 Å². The van der Waals surface area contributed by atoms with Crippen LogP contribution < -0.4 is 5.32 Å². The molecule has 0 aromatic heterocycles. The molecule has 3 aromatic carbocycles. The fraction of sp³-hybridized carbons (Fsp3) is 0.111.